The summed E-state index contributed by atoms with van der Waals surface area (Å²) in [6.45, 7) is 2.99. The van der Waals surface area contributed by atoms with Gasteiger partial charge < -0.3 is 0 Å². The van der Waals surface area contributed by atoms with Crippen molar-refractivity contribution in [2.45, 2.75) is 38.6 Å². The highest BCUT2D eigenvalue weighted by Crippen LogP contribution is 2.19. The highest BCUT2D eigenvalue weighted by molar-refractivity contribution is 7.87. The Morgan fingerprint density at radius 3 is 2.91 bits per heavy atom. The number of hydrogen-bond acceptors (Lipinski definition) is 3. The lowest BCUT2D eigenvalue weighted by molar-refractivity contribution is 0.265. The monoisotopic (exact) mass is 333 g/mol. The van der Waals surface area contributed by atoms with E-state index in [1.807, 2.05) is 37.3 Å². The zero-order chi connectivity index (χ0) is 16.3. The van der Waals surface area contributed by atoms with Crippen molar-refractivity contribution in [1.29, 1.82) is 0 Å². The van der Waals surface area contributed by atoms with E-state index in [-0.39, 0.29) is 6.04 Å². The molecule has 1 aliphatic heterocycles. The molecule has 1 atom stereocenters. The van der Waals surface area contributed by atoms with Gasteiger partial charge in [0, 0.05) is 30.7 Å². The number of benzene rings is 1. The van der Waals surface area contributed by atoms with Gasteiger partial charge in [0.25, 0.3) is 10.2 Å². The average Bonchev–Trinajstić information content (AvgIpc) is 2.55. The summed E-state index contributed by atoms with van der Waals surface area (Å²) in [4.78, 5) is 4.41. The molecule has 1 N–H and O–H groups in total. The Morgan fingerprint density at radius 1 is 1.26 bits per heavy atom. The molecule has 1 aromatic carbocycles. The summed E-state index contributed by atoms with van der Waals surface area (Å²) in [5.74, 6) is 0. The van der Waals surface area contributed by atoms with Gasteiger partial charge in [-0.05, 0) is 37.8 Å². The van der Waals surface area contributed by atoms with Gasteiger partial charge in [0.1, 0.15) is 0 Å². The van der Waals surface area contributed by atoms with Crippen molar-refractivity contribution in [2.24, 2.45) is 0 Å². The van der Waals surface area contributed by atoms with Gasteiger partial charge in [-0.2, -0.15) is 12.7 Å². The molecule has 23 heavy (non-hydrogen) atoms. The largest absolute Gasteiger partial charge is 0.279 e. The molecule has 0 saturated carbocycles. The number of nitrogens with zero attached hydrogens (tertiary/aromatic N) is 2. The molecule has 5 nitrogen and oxygen atoms in total. The third-order valence-corrected chi connectivity index (χ3v) is 6.17. The van der Waals surface area contributed by atoms with Crippen LogP contribution in [0.1, 0.15) is 31.7 Å². The van der Waals surface area contributed by atoms with Gasteiger partial charge in [0.2, 0.25) is 0 Å². The van der Waals surface area contributed by atoms with Crippen LogP contribution in [0.25, 0.3) is 10.9 Å². The molecule has 0 unspecified atom stereocenters. The number of para-hydroxylation sites is 1. The van der Waals surface area contributed by atoms with E-state index in [0.29, 0.717) is 19.5 Å². The topological polar surface area (TPSA) is 62.3 Å². The Kier molecular flexibility index (Phi) is 4.94. The van der Waals surface area contributed by atoms with Crippen molar-refractivity contribution in [1.82, 2.24) is 14.0 Å². The predicted molar refractivity (Wildman–Crippen MR) is 92.4 cm³/mol. The number of piperidine rings is 1. The lowest BCUT2D eigenvalue weighted by Gasteiger charge is -2.32. The van der Waals surface area contributed by atoms with Gasteiger partial charge in [-0.15, -0.1) is 0 Å². The van der Waals surface area contributed by atoms with E-state index < -0.39 is 10.2 Å². The number of pyridine rings is 1. The first-order chi connectivity index (χ1) is 11.1. The van der Waals surface area contributed by atoms with Gasteiger partial charge in [-0.1, -0.05) is 30.7 Å². The van der Waals surface area contributed by atoms with E-state index in [9.17, 15) is 8.42 Å². The third kappa shape index (κ3) is 3.71. The maximum atomic E-state index is 12.4. The highest BCUT2D eigenvalue weighted by Gasteiger charge is 2.28. The fraction of sp³-hybridized carbons (Fsp3) is 0.471. The fourth-order valence-electron chi connectivity index (χ4n) is 3.20. The van der Waals surface area contributed by atoms with Gasteiger partial charge in [-0.3, -0.25) is 4.98 Å². The maximum absolute atomic E-state index is 12.4. The van der Waals surface area contributed by atoms with Crippen LogP contribution >= 0.6 is 0 Å². The third-order valence-electron chi connectivity index (χ3n) is 4.45. The number of aromatic nitrogens is 1. The van der Waals surface area contributed by atoms with Crippen LogP contribution in [0.4, 0.5) is 0 Å². The molecule has 124 valence electrons. The average molecular weight is 333 g/mol. The van der Waals surface area contributed by atoms with Crippen LogP contribution in [-0.4, -0.2) is 36.8 Å². The summed E-state index contributed by atoms with van der Waals surface area (Å²) < 4.78 is 29.2. The molecular formula is C17H23N3O2S. The van der Waals surface area contributed by atoms with Gasteiger partial charge in [-0.25, -0.2) is 4.72 Å². The summed E-state index contributed by atoms with van der Waals surface area (Å²) in [5, 5.41) is 1.08. The van der Waals surface area contributed by atoms with Crippen molar-refractivity contribution in [3.63, 3.8) is 0 Å². The number of fused-ring (bicyclic) bond motifs is 1. The quantitative estimate of drug-likeness (QED) is 0.914. The van der Waals surface area contributed by atoms with Gasteiger partial charge in [0.05, 0.1) is 5.52 Å². The van der Waals surface area contributed by atoms with Crippen LogP contribution in [0.2, 0.25) is 0 Å². The fourth-order valence-corrected chi connectivity index (χ4v) is 4.67. The second kappa shape index (κ2) is 6.95. The Balaban J connectivity index is 1.66. The highest BCUT2D eigenvalue weighted by atomic mass is 32.2. The molecule has 0 amide bonds. The van der Waals surface area contributed by atoms with Crippen LogP contribution in [0.15, 0.2) is 36.5 Å². The summed E-state index contributed by atoms with van der Waals surface area (Å²) in [7, 11) is -3.39. The molecule has 1 aromatic heterocycles. The van der Waals surface area contributed by atoms with Crippen LogP contribution in [-0.2, 0) is 16.6 Å². The zero-order valence-corrected chi connectivity index (χ0v) is 14.2. The maximum Gasteiger partial charge on any atom is 0.279 e. The first-order valence-corrected chi connectivity index (χ1v) is 9.61. The lowest BCUT2D eigenvalue weighted by Crippen LogP contribution is -2.48. The van der Waals surface area contributed by atoms with Crippen LogP contribution in [0.3, 0.4) is 0 Å². The van der Waals surface area contributed by atoms with Crippen molar-refractivity contribution in [3.05, 3.63) is 42.1 Å². The van der Waals surface area contributed by atoms with Gasteiger partial charge in [0.15, 0.2) is 0 Å². The second-order valence-corrected chi connectivity index (χ2v) is 7.80. The minimum atomic E-state index is -3.39. The number of nitrogens with one attached hydrogen (secondary N) is 1. The Morgan fingerprint density at radius 2 is 2.09 bits per heavy atom. The summed E-state index contributed by atoms with van der Waals surface area (Å²) in [5.41, 5.74) is 2.01. The Bertz CT molecular complexity index is 771. The normalized spacial score (nSPS) is 20.0. The van der Waals surface area contributed by atoms with Gasteiger partial charge >= 0.3 is 0 Å². The van der Waals surface area contributed by atoms with Crippen LogP contribution < -0.4 is 4.72 Å². The summed E-state index contributed by atoms with van der Waals surface area (Å²) >= 11 is 0. The standard InChI is InChI=1S/C17H23N3O2S/c1-14-6-2-3-13-20(14)23(21,22)19-12-10-16-8-4-7-15-9-5-11-18-17(15)16/h4-5,7-9,11,14,19H,2-3,6,10,12-13H2,1H3/t14-/m1/s1. The molecule has 3 rings (SSSR count). The van der Waals surface area contributed by atoms with E-state index in [0.717, 1.165) is 35.7 Å². The molecule has 0 spiro atoms. The van der Waals surface area contributed by atoms with E-state index in [1.165, 1.54) is 0 Å². The minimum absolute atomic E-state index is 0.0838. The molecule has 0 radical (unpaired) electrons. The Labute approximate surface area is 137 Å². The molecule has 0 bridgehead atoms. The molecule has 1 saturated heterocycles. The minimum Gasteiger partial charge on any atom is -0.256 e. The number of hydrogen-bond donors (Lipinski definition) is 1. The first-order valence-electron chi connectivity index (χ1n) is 8.17. The molecule has 1 aliphatic rings. The molecule has 6 heteroatoms. The van der Waals surface area contributed by atoms with Crippen molar-refractivity contribution < 1.29 is 8.42 Å². The summed E-state index contributed by atoms with van der Waals surface area (Å²) in [6, 6.07) is 10.0. The van der Waals surface area contributed by atoms with Crippen LogP contribution in [0.5, 0.6) is 0 Å². The molecule has 1 fully saturated rings. The van der Waals surface area contributed by atoms with E-state index in [1.54, 1.807) is 10.5 Å². The van der Waals surface area contributed by atoms with Crippen molar-refractivity contribution in [2.75, 3.05) is 13.1 Å². The van der Waals surface area contributed by atoms with E-state index >= 15 is 0 Å². The SMILES string of the molecule is C[C@@H]1CCCCN1S(=O)(=O)NCCc1cccc2cccnc12. The van der Waals surface area contributed by atoms with E-state index in [2.05, 4.69) is 9.71 Å². The van der Waals surface area contributed by atoms with Crippen molar-refractivity contribution in [3.8, 4) is 0 Å². The Hall–Kier alpha value is -1.50. The second-order valence-electron chi connectivity index (χ2n) is 6.10. The summed E-state index contributed by atoms with van der Waals surface area (Å²) in [6.07, 6.45) is 5.39. The number of rotatable bonds is 5. The molecule has 2 heterocycles. The van der Waals surface area contributed by atoms with Crippen LogP contribution in [0, 0.1) is 0 Å². The van der Waals surface area contributed by atoms with Crippen molar-refractivity contribution >= 4 is 21.1 Å². The first kappa shape index (κ1) is 16.4. The smallest absolute Gasteiger partial charge is 0.256 e. The lowest BCUT2D eigenvalue weighted by atomic mass is 10.1. The van der Waals surface area contributed by atoms with E-state index in [4.69, 9.17) is 0 Å². The molecule has 2 aromatic rings. The predicted octanol–water partition coefficient (Wildman–Crippen LogP) is 2.49. The molecule has 0 aliphatic carbocycles. The molecular weight excluding hydrogens is 310 g/mol. The zero-order valence-electron chi connectivity index (χ0n) is 13.4.